The fraction of sp³-hybridized carbons (Fsp3) is 0.467. The Morgan fingerprint density at radius 3 is 2.16 bits per heavy atom. The van der Waals surface area contributed by atoms with Crippen molar-refractivity contribution in [3.63, 3.8) is 0 Å². The second kappa shape index (κ2) is 8.75. The Bertz CT molecular complexity index is 586. The molecule has 6 nitrogen and oxygen atoms in total. The highest BCUT2D eigenvalue weighted by atomic mass is 32.1. The Kier molecular flexibility index (Phi) is 7.28. The van der Waals surface area contributed by atoms with Gasteiger partial charge in [-0.15, -0.1) is 13.2 Å². The van der Waals surface area contributed by atoms with Crippen LogP contribution in [0.4, 0.5) is 23.7 Å². The van der Waals surface area contributed by atoms with Gasteiger partial charge in [0.2, 0.25) is 0 Å². The van der Waals surface area contributed by atoms with Gasteiger partial charge in [-0.3, -0.25) is 0 Å². The number of nitrogens with one attached hydrogen (secondary N) is 3. The van der Waals surface area contributed by atoms with E-state index in [2.05, 4.69) is 20.7 Å². The molecule has 0 aliphatic carbocycles. The summed E-state index contributed by atoms with van der Waals surface area (Å²) in [6.45, 7) is 5.91. The molecule has 0 fully saturated rings. The maximum Gasteiger partial charge on any atom is 0.573 e. The summed E-state index contributed by atoms with van der Waals surface area (Å²) in [5, 5.41) is 8.45. The molecule has 0 saturated heterocycles. The molecule has 0 bridgehead atoms. The number of anilines is 1. The number of halogens is 3. The fourth-order valence-corrected chi connectivity index (χ4v) is 1.79. The minimum absolute atomic E-state index is 0.260. The first-order valence-electron chi connectivity index (χ1n) is 7.32. The van der Waals surface area contributed by atoms with Crippen molar-refractivity contribution in [2.45, 2.75) is 32.7 Å². The lowest BCUT2D eigenvalue weighted by Crippen LogP contribution is -2.39. The normalized spacial score (nSPS) is 11.4. The second-order valence-corrected chi connectivity index (χ2v) is 6.29. The van der Waals surface area contributed by atoms with Crippen LogP contribution < -0.4 is 20.7 Å². The quantitative estimate of drug-likeness (QED) is 0.538. The molecule has 0 radical (unpaired) electrons. The number of rotatable bonds is 5. The van der Waals surface area contributed by atoms with Crippen molar-refractivity contribution >= 4 is 29.1 Å². The second-order valence-electron chi connectivity index (χ2n) is 5.88. The van der Waals surface area contributed by atoms with Gasteiger partial charge in [0.15, 0.2) is 5.11 Å². The molecule has 1 aromatic rings. The Morgan fingerprint density at radius 2 is 1.64 bits per heavy atom. The fourth-order valence-electron chi connectivity index (χ4n) is 1.57. The summed E-state index contributed by atoms with van der Waals surface area (Å²) < 4.78 is 45.0. The van der Waals surface area contributed by atoms with Gasteiger partial charge in [0.25, 0.3) is 0 Å². The zero-order valence-corrected chi connectivity index (χ0v) is 14.8. The first-order chi connectivity index (χ1) is 11.4. The number of hydrogen-bond acceptors (Lipinski definition) is 4. The lowest BCUT2D eigenvalue weighted by molar-refractivity contribution is -0.274. The molecule has 0 unspecified atom stereocenters. The van der Waals surface area contributed by atoms with Crippen molar-refractivity contribution in [3.8, 4) is 5.75 Å². The summed E-state index contributed by atoms with van der Waals surface area (Å²) in [6.07, 6.45) is -5.26. The van der Waals surface area contributed by atoms with E-state index in [-0.39, 0.29) is 17.4 Å². The van der Waals surface area contributed by atoms with Gasteiger partial charge in [-0.05, 0) is 57.3 Å². The van der Waals surface area contributed by atoms with Crippen LogP contribution in [0.15, 0.2) is 24.3 Å². The minimum Gasteiger partial charge on any atom is -0.444 e. The molecule has 10 heteroatoms. The first kappa shape index (κ1) is 20.8. The highest BCUT2D eigenvalue weighted by molar-refractivity contribution is 7.80. The number of hydrogen-bond donors (Lipinski definition) is 3. The van der Waals surface area contributed by atoms with Crippen LogP contribution in [0.5, 0.6) is 5.75 Å². The van der Waals surface area contributed by atoms with Gasteiger partial charge in [-0.2, -0.15) is 0 Å². The van der Waals surface area contributed by atoms with Gasteiger partial charge in [-0.1, -0.05) is 0 Å². The monoisotopic (exact) mass is 379 g/mol. The molecule has 25 heavy (non-hydrogen) atoms. The summed E-state index contributed by atoms with van der Waals surface area (Å²) in [4.78, 5) is 11.4. The molecule has 1 aromatic carbocycles. The standard InChI is InChI=1S/C15H20F3N3O3S/c1-14(2,3)24-13(22)20-9-8-19-12(25)21-10-4-6-11(7-5-10)23-15(16,17)18/h4-7H,8-9H2,1-3H3,(H,20,22)(H2,19,21,25). The molecule has 0 heterocycles. The van der Waals surface area contributed by atoms with Crippen molar-refractivity contribution in [2.75, 3.05) is 18.4 Å². The molecule has 3 N–H and O–H groups in total. The van der Waals surface area contributed by atoms with Crippen LogP contribution in [0.3, 0.4) is 0 Å². The van der Waals surface area contributed by atoms with E-state index in [9.17, 15) is 18.0 Å². The Balaban J connectivity index is 2.29. The van der Waals surface area contributed by atoms with Crippen LogP contribution in [0.1, 0.15) is 20.8 Å². The van der Waals surface area contributed by atoms with Crippen molar-refractivity contribution in [1.29, 1.82) is 0 Å². The van der Waals surface area contributed by atoms with Crippen LogP contribution in [-0.4, -0.2) is 36.3 Å². The Morgan fingerprint density at radius 1 is 1.08 bits per heavy atom. The maximum atomic E-state index is 12.1. The molecule has 140 valence electrons. The van der Waals surface area contributed by atoms with Crippen molar-refractivity contribution in [1.82, 2.24) is 10.6 Å². The van der Waals surface area contributed by atoms with E-state index in [1.54, 1.807) is 20.8 Å². The molecule has 0 aliphatic rings. The minimum atomic E-state index is -4.73. The Hall–Kier alpha value is -2.23. The Labute approximate surface area is 149 Å². The predicted molar refractivity (Wildman–Crippen MR) is 91.6 cm³/mol. The molecule has 0 aliphatic heterocycles. The lowest BCUT2D eigenvalue weighted by atomic mass is 10.2. The van der Waals surface area contributed by atoms with Gasteiger partial charge in [0.1, 0.15) is 11.4 Å². The van der Waals surface area contributed by atoms with Gasteiger partial charge < -0.3 is 25.4 Å². The first-order valence-corrected chi connectivity index (χ1v) is 7.73. The third-order valence-corrected chi connectivity index (χ3v) is 2.67. The summed E-state index contributed by atoms with van der Waals surface area (Å²) in [5.74, 6) is -0.321. The average molecular weight is 379 g/mol. The number of ether oxygens (including phenoxy) is 2. The van der Waals surface area contributed by atoms with Crippen LogP contribution in [0, 0.1) is 0 Å². The molecular formula is C15H20F3N3O3S. The predicted octanol–water partition coefficient (Wildman–Crippen LogP) is 3.40. The zero-order chi connectivity index (χ0) is 19.1. The van der Waals surface area contributed by atoms with Gasteiger partial charge in [0, 0.05) is 18.8 Å². The highest BCUT2D eigenvalue weighted by Crippen LogP contribution is 2.23. The van der Waals surface area contributed by atoms with E-state index in [1.165, 1.54) is 24.3 Å². The number of alkyl carbamates (subject to hydrolysis) is 1. The van der Waals surface area contributed by atoms with E-state index in [4.69, 9.17) is 17.0 Å². The molecule has 1 rings (SSSR count). The molecule has 0 saturated carbocycles. The summed E-state index contributed by atoms with van der Waals surface area (Å²) in [7, 11) is 0. The average Bonchev–Trinajstić information content (AvgIpc) is 2.42. The summed E-state index contributed by atoms with van der Waals surface area (Å²) in [5.41, 5.74) is -0.0803. The number of amides is 1. The van der Waals surface area contributed by atoms with Crippen molar-refractivity contribution < 1.29 is 27.4 Å². The summed E-state index contributed by atoms with van der Waals surface area (Å²) >= 11 is 5.05. The van der Waals surface area contributed by atoms with Crippen LogP contribution in [0.2, 0.25) is 0 Å². The number of carbonyl (C=O) groups is 1. The van der Waals surface area contributed by atoms with E-state index in [0.717, 1.165) is 0 Å². The maximum absolute atomic E-state index is 12.1. The third kappa shape index (κ3) is 10.3. The molecule has 0 spiro atoms. The van der Waals surface area contributed by atoms with E-state index < -0.39 is 18.1 Å². The van der Waals surface area contributed by atoms with Gasteiger partial charge >= 0.3 is 12.5 Å². The van der Waals surface area contributed by atoms with E-state index in [1.807, 2.05) is 0 Å². The smallest absolute Gasteiger partial charge is 0.444 e. The van der Waals surface area contributed by atoms with E-state index >= 15 is 0 Å². The zero-order valence-electron chi connectivity index (χ0n) is 14.0. The third-order valence-electron chi connectivity index (χ3n) is 2.42. The van der Waals surface area contributed by atoms with E-state index in [0.29, 0.717) is 12.2 Å². The van der Waals surface area contributed by atoms with Gasteiger partial charge in [-0.25, -0.2) is 4.79 Å². The molecular weight excluding hydrogens is 359 g/mol. The largest absolute Gasteiger partial charge is 0.573 e. The number of carbonyl (C=O) groups excluding carboxylic acids is 1. The van der Waals surface area contributed by atoms with Crippen molar-refractivity contribution in [3.05, 3.63) is 24.3 Å². The molecule has 0 atom stereocenters. The highest BCUT2D eigenvalue weighted by Gasteiger charge is 2.30. The number of benzene rings is 1. The SMILES string of the molecule is CC(C)(C)OC(=O)NCCNC(=S)Nc1ccc(OC(F)(F)F)cc1. The van der Waals surface area contributed by atoms with Crippen molar-refractivity contribution in [2.24, 2.45) is 0 Å². The van der Waals surface area contributed by atoms with Crippen LogP contribution >= 0.6 is 12.2 Å². The lowest BCUT2D eigenvalue weighted by Gasteiger charge is -2.19. The number of alkyl halides is 3. The van der Waals surface area contributed by atoms with Crippen LogP contribution in [-0.2, 0) is 4.74 Å². The summed E-state index contributed by atoms with van der Waals surface area (Å²) in [6, 6.07) is 5.13. The van der Waals surface area contributed by atoms with Gasteiger partial charge in [0.05, 0.1) is 0 Å². The topological polar surface area (TPSA) is 71.6 Å². The molecule has 1 amide bonds. The number of thiocarbonyl (C=S) groups is 1. The molecule has 0 aromatic heterocycles. The van der Waals surface area contributed by atoms with Crippen LogP contribution in [0.25, 0.3) is 0 Å².